The van der Waals surface area contributed by atoms with Crippen molar-refractivity contribution in [3.05, 3.63) is 52.2 Å². The van der Waals surface area contributed by atoms with Crippen LogP contribution >= 0.6 is 23.6 Å². The van der Waals surface area contributed by atoms with Crippen LogP contribution in [0.1, 0.15) is 26.6 Å². The van der Waals surface area contributed by atoms with Crippen molar-refractivity contribution >= 4 is 45.3 Å². The molecule has 0 saturated carbocycles. The van der Waals surface area contributed by atoms with Gasteiger partial charge in [-0.1, -0.05) is 30.3 Å². The molecule has 2 aromatic heterocycles. The lowest BCUT2D eigenvalue weighted by Crippen LogP contribution is -2.20. The molecule has 0 unspecified atom stereocenters. The lowest BCUT2D eigenvalue weighted by molar-refractivity contribution is 0.0603. The number of aromatic nitrogens is 2. The van der Waals surface area contributed by atoms with Crippen molar-refractivity contribution in [1.29, 1.82) is 0 Å². The Morgan fingerprint density at radius 3 is 2.43 bits per heavy atom. The van der Waals surface area contributed by atoms with Gasteiger partial charge in [0.2, 0.25) is 0 Å². The number of nitrogens with zero attached hydrogens (tertiary/aromatic N) is 2. The highest BCUT2D eigenvalue weighted by Gasteiger charge is 2.24. The number of esters is 1. The van der Waals surface area contributed by atoms with Crippen LogP contribution in [-0.2, 0) is 11.8 Å². The monoisotopic (exact) mass is 414 g/mol. The Morgan fingerprint density at radius 1 is 1.18 bits per heavy atom. The van der Waals surface area contributed by atoms with Crippen molar-refractivity contribution in [1.82, 2.24) is 9.78 Å². The number of carbonyl (C=O) groups excluding carboxylic acids is 1. The van der Waals surface area contributed by atoms with Gasteiger partial charge >= 0.3 is 5.97 Å². The Morgan fingerprint density at radius 2 is 1.86 bits per heavy atom. The van der Waals surface area contributed by atoms with E-state index < -0.39 is 5.97 Å². The molecule has 8 heteroatoms. The number of rotatable bonds is 4. The zero-order valence-corrected chi connectivity index (χ0v) is 18.0. The fourth-order valence-electron chi connectivity index (χ4n) is 3.08. The second kappa shape index (κ2) is 8.12. The minimum atomic E-state index is -0.401. The van der Waals surface area contributed by atoms with Crippen molar-refractivity contribution in [2.45, 2.75) is 20.8 Å². The summed E-state index contributed by atoms with van der Waals surface area (Å²) in [5.41, 5.74) is 4.99. The van der Waals surface area contributed by atoms with Gasteiger partial charge < -0.3 is 15.4 Å². The zero-order chi connectivity index (χ0) is 20.4. The van der Waals surface area contributed by atoms with E-state index in [0.29, 0.717) is 15.7 Å². The summed E-state index contributed by atoms with van der Waals surface area (Å²) in [4.78, 5) is 13.6. The molecule has 0 aliphatic carbocycles. The molecule has 0 saturated heterocycles. The number of anilines is 2. The van der Waals surface area contributed by atoms with Crippen LogP contribution in [0.2, 0.25) is 0 Å². The van der Waals surface area contributed by atoms with Gasteiger partial charge in [-0.15, -0.1) is 11.3 Å². The van der Waals surface area contributed by atoms with Crippen molar-refractivity contribution in [2.75, 3.05) is 17.7 Å². The van der Waals surface area contributed by atoms with Crippen molar-refractivity contribution in [3.63, 3.8) is 0 Å². The number of nitrogens with one attached hydrogen (secondary N) is 2. The van der Waals surface area contributed by atoms with Crippen LogP contribution in [0.3, 0.4) is 0 Å². The molecule has 0 spiro atoms. The summed E-state index contributed by atoms with van der Waals surface area (Å²) in [6.45, 7) is 5.87. The van der Waals surface area contributed by atoms with Gasteiger partial charge in [0.05, 0.1) is 24.2 Å². The van der Waals surface area contributed by atoms with Crippen LogP contribution in [0.4, 0.5) is 10.7 Å². The summed E-state index contributed by atoms with van der Waals surface area (Å²) in [6, 6.07) is 9.79. The third kappa shape index (κ3) is 3.79. The molecule has 146 valence electrons. The third-order valence-corrected chi connectivity index (χ3v) is 5.74. The number of thiophene rings is 1. The van der Waals surface area contributed by atoms with E-state index in [9.17, 15) is 4.79 Å². The normalized spacial score (nSPS) is 10.6. The number of hydrogen-bond acceptors (Lipinski definition) is 5. The lowest BCUT2D eigenvalue weighted by atomic mass is 10.0. The van der Waals surface area contributed by atoms with Crippen LogP contribution in [-0.4, -0.2) is 28.0 Å². The minimum Gasteiger partial charge on any atom is -0.465 e. The molecule has 0 atom stereocenters. The molecule has 0 bridgehead atoms. The Hall–Kier alpha value is -2.71. The van der Waals surface area contributed by atoms with Crippen LogP contribution in [0, 0.1) is 20.8 Å². The highest BCUT2D eigenvalue weighted by atomic mass is 32.1. The number of hydrogen-bond donors (Lipinski definition) is 2. The fraction of sp³-hybridized carbons (Fsp3) is 0.250. The van der Waals surface area contributed by atoms with E-state index >= 15 is 0 Å². The van der Waals surface area contributed by atoms with E-state index in [1.165, 1.54) is 18.4 Å². The average molecular weight is 415 g/mol. The highest BCUT2D eigenvalue weighted by molar-refractivity contribution is 7.80. The average Bonchev–Trinajstić information content (AvgIpc) is 3.12. The van der Waals surface area contributed by atoms with Gasteiger partial charge in [0.15, 0.2) is 5.11 Å². The van der Waals surface area contributed by atoms with Crippen LogP contribution in [0.15, 0.2) is 30.3 Å². The minimum absolute atomic E-state index is 0.394. The first-order valence-electron chi connectivity index (χ1n) is 8.68. The van der Waals surface area contributed by atoms with Gasteiger partial charge in [0, 0.05) is 17.5 Å². The van der Waals surface area contributed by atoms with E-state index in [-0.39, 0.29) is 0 Å². The highest BCUT2D eigenvalue weighted by Crippen LogP contribution is 2.40. The molecule has 1 aromatic carbocycles. The van der Waals surface area contributed by atoms with E-state index in [0.717, 1.165) is 33.1 Å². The molecule has 6 nitrogen and oxygen atoms in total. The van der Waals surface area contributed by atoms with Crippen LogP contribution < -0.4 is 10.6 Å². The maximum Gasteiger partial charge on any atom is 0.341 e. The predicted molar refractivity (Wildman–Crippen MR) is 118 cm³/mol. The van der Waals surface area contributed by atoms with E-state index in [1.807, 2.05) is 58.2 Å². The maximum absolute atomic E-state index is 12.6. The molecular formula is C20H22N4O2S2. The number of benzene rings is 1. The largest absolute Gasteiger partial charge is 0.465 e. The maximum atomic E-state index is 12.6. The molecule has 3 aromatic rings. The van der Waals surface area contributed by atoms with Gasteiger partial charge in [-0.25, -0.2) is 4.79 Å². The molecule has 2 heterocycles. The van der Waals surface area contributed by atoms with Crippen LogP contribution in [0.25, 0.3) is 11.1 Å². The second-order valence-corrected chi connectivity index (χ2v) is 7.98. The fourth-order valence-corrected chi connectivity index (χ4v) is 4.42. The molecule has 0 aliphatic rings. The summed E-state index contributed by atoms with van der Waals surface area (Å²) in [5.74, 6) is -0.401. The molecule has 0 amide bonds. The van der Waals surface area contributed by atoms with Crippen molar-refractivity contribution < 1.29 is 9.53 Å². The summed E-state index contributed by atoms with van der Waals surface area (Å²) < 4.78 is 6.84. The summed E-state index contributed by atoms with van der Waals surface area (Å²) in [6.07, 6.45) is 0. The smallest absolute Gasteiger partial charge is 0.341 e. The Balaban J connectivity index is 1.96. The Kier molecular flexibility index (Phi) is 5.81. The lowest BCUT2D eigenvalue weighted by Gasteiger charge is -2.11. The Labute approximate surface area is 173 Å². The van der Waals surface area contributed by atoms with Crippen molar-refractivity contribution in [2.24, 2.45) is 7.05 Å². The first-order valence-corrected chi connectivity index (χ1v) is 9.91. The van der Waals surface area contributed by atoms with Gasteiger partial charge in [0.25, 0.3) is 0 Å². The van der Waals surface area contributed by atoms with E-state index in [2.05, 4.69) is 15.7 Å². The summed E-state index contributed by atoms with van der Waals surface area (Å²) in [5, 5.41) is 11.8. The first-order chi connectivity index (χ1) is 13.3. The van der Waals surface area contributed by atoms with Gasteiger partial charge in [-0.05, 0) is 38.6 Å². The molecule has 0 radical (unpaired) electrons. The first kappa shape index (κ1) is 20.0. The van der Waals surface area contributed by atoms with Gasteiger partial charge in [-0.2, -0.15) is 5.10 Å². The third-order valence-electron chi connectivity index (χ3n) is 4.51. The van der Waals surface area contributed by atoms with E-state index in [1.54, 1.807) is 4.68 Å². The van der Waals surface area contributed by atoms with Gasteiger partial charge in [0.1, 0.15) is 10.6 Å². The molecule has 0 aliphatic heterocycles. The molecular weight excluding hydrogens is 392 g/mol. The van der Waals surface area contributed by atoms with Gasteiger partial charge in [-0.3, -0.25) is 4.68 Å². The zero-order valence-electron chi connectivity index (χ0n) is 16.4. The number of methoxy groups -OCH3 is 1. The number of ether oxygens (including phenoxy) is 1. The van der Waals surface area contributed by atoms with E-state index in [4.69, 9.17) is 17.0 Å². The quantitative estimate of drug-likeness (QED) is 0.478. The second-order valence-electron chi connectivity index (χ2n) is 6.34. The molecule has 2 N–H and O–H groups in total. The Bertz CT molecular complexity index is 1040. The predicted octanol–water partition coefficient (Wildman–Crippen LogP) is 4.67. The number of aryl methyl sites for hydroxylation is 3. The van der Waals surface area contributed by atoms with Crippen LogP contribution in [0.5, 0.6) is 0 Å². The SMILES string of the molecule is COC(=O)c1c(NC(=S)Nc2c(C)nn(C)c2C)sc(C)c1-c1ccccc1. The summed E-state index contributed by atoms with van der Waals surface area (Å²) in [7, 11) is 3.26. The standard InChI is InChI=1S/C20H22N4O2S2/c1-11-17(12(2)24(4)23-11)21-20(27)22-18-16(19(25)26-5)15(13(3)28-18)14-9-7-6-8-10-14/h6-10H,1-5H3,(H2,21,22,27). The topological polar surface area (TPSA) is 68.2 Å². The summed E-state index contributed by atoms with van der Waals surface area (Å²) >= 11 is 6.97. The number of carbonyl (C=O) groups is 1. The van der Waals surface area contributed by atoms with Crippen molar-refractivity contribution in [3.8, 4) is 11.1 Å². The number of thiocarbonyl (C=S) groups is 1. The molecule has 3 rings (SSSR count). The molecule has 28 heavy (non-hydrogen) atoms. The molecule has 0 fully saturated rings.